The van der Waals surface area contributed by atoms with Gasteiger partial charge in [0.1, 0.15) is 0 Å². The van der Waals surface area contributed by atoms with Crippen LogP contribution in [-0.4, -0.2) is 0 Å². The Balaban J connectivity index is 1.94. The van der Waals surface area contributed by atoms with Crippen LogP contribution in [-0.2, 0) is 0 Å². The second-order valence-corrected chi connectivity index (χ2v) is 6.08. The van der Waals surface area contributed by atoms with E-state index in [1.165, 1.54) is 31.3 Å². The van der Waals surface area contributed by atoms with Gasteiger partial charge in [-0.15, -0.1) is 11.3 Å². The predicted octanol–water partition coefficient (Wildman–Crippen LogP) is 5.95. The Hall–Kier alpha value is -2.12. The lowest BCUT2D eigenvalue weighted by atomic mass is 10.0. The van der Waals surface area contributed by atoms with Crippen LogP contribution in [0.25, 0.3) is 25.7 Å². The van der Waals surface area contributed by atoms with Crippen LogP contribution in [0.5, 0.6) is 0 Å². The summed E-state index contributed by atoms with van der Waals surface area (Å²) in [6, 6.07) is 15.5. The molecule has 0 radical (unpaired) electrons. The van der Waals surface area contributed by atoms with Crippen LogP contribution in [0.4, 0.5) is 0 Å². The van der Waals surface area contributed by atoms with Gasteiger partial charge in [0.2, 0.25) is 0 Å². The van der Waals surface area contributed by atoms with Gasteiger partial charge >= 0.3 is 0 Å². The smallest absolute Gasteiger partial charge is 0.0355 e. The SMILES string of the molecule is C1=CCC=C(c2ccc3sc4ccccc4c3c2)C=C1. The molecule has 0 nitrogen and oxygen atoms in total. The third kappa shape index (κ3) is 1.91. The molecule has 0 bridgehead atoms. The van der Waals surface area contributed by atoms with E-state index in [2.05, 4.69) is 72.8 Å². The van der Waals surface area contributed by atoms with Crippen molar-refractivity contribution in [2.45, 2.75) is 6.42 Å². The summed E-state index contributed by atoms with van der Waals surface area (Å²) in [6.45, 7) is 0. The monoisotopic (exact) mass is 274 g/mol. The van der Waals surface area contributed by atoms with Crippen molar-refractivity contribution >= 4 is 37.1 Å². The first-order valence-corrected chi connectivity index (χ1v) is 7.68. The minimum Gasteiger partial charge on any atom is -0.135 e. The highest BCUT2D eigenvalue weighted by Gasteiger charge is 2.06. The van der Waals surface area contributed by atoms with Crippen LogP contribution >= 0.6 is 11.3 Å². The molecule has 0 N–H and O–H groups in total. The maximum atomic E-state index is 2.33. The number of hydrogen-bond acceptors (Lipinski definition) is 1. The predicted molar refractivity (Wildman–Crippen MR) is 90.2 cm³/mol. The van der Waals surface area contributed by atoms with Gasteiger partial charge in [0.25, 0.3) is 0 Å². The van der Waals surface area contributed by atoms with Crippen molar-refractivity contribution in [3.63, 3.8) is 0 Å². The Morgan fingerprint density at radius 3 is 2.75 bits per heavy atom. The van der Waals surface area contributed by atoms with Crippen LogP contribution in [0.1, 0.15) is 12.0 Å². The van der Waals surface area contributed by atoms with Gasteiger partial charge in [-0.3, -0.25) is 0 Å². The quantitative estimate of drug-likeness (QED) is 0.514. The molecule has 0 aliphatic heterocycles. The van der Waals surface area contributed by atoms with Crippen LogP contribution in [0.3, 0.4) is 0 Å². The van der Waals surface area contributed by atoms with Crippen LogP contribution in [0, 0.1) is 0 Å². The molecule has 0 unspecified atom stereocenters. The zero-order chi connectivity index (χ0) is 13.4. The molecule has 0 fully saturated rings. The molecule has 0 atom stereocenters. The molecule has 1 aliphatic rings. The Labute approximate surface area is 122 Å². The molecule has 2 aromatic carbocycles. The largest absolute Gasteiger partial charge is 0.135 e. The lowest BCUT2D eigenvalue weighted by Crippen LogP contribution is -1.80. The summed E-state index contributed by atoms with van der Waals surface area (Å²) in [5.74, 6) is 0. The van der Waals surface area contributed by atoms with Crippen molar-refractivity contribution in [1.29, 1.82) is 0 Å². The first-order chi connectivity index (χ1) is 9.92. The normalized spacial score (nSPS) is 14.7. The lowest BCUT2D eigenvalue weighted by Gasteiger charge is -2.02. The molecule has 0 saturated carbocycles. The summed E-state index contributed by atoms with van der Waals surface area (Å²) in [6.07, 6.45) is 11.9. The highest BCUT2D eigenvalue weighted by molar-refractivity contribution is 7.25. The van der Waals surface area contributed by atoms with Gasteiger partial charge in [-0.25, -0.2) is 0 Å². The summed E-state index contributed by atoms with van der Waals surface area (Å²) in [7, 11) is 0. The summed E-state index contributed by atoms with van der Waals surface area (Å²) in [5, 5.41) is 2.74. The van der Waals surface area contributed by atoms with Crippen molar-refractivity contribution in [2.75, 3.05) is 0 Å². The summed E-state index contributed by atoms with van der Waals surface area (Å²) < 4.78 is 2.73. The third-order valence-corrected chi connectivity index (χ3v) is 4.86. The Bertz CT molecular complexity index is 875. The Kier molecular flexibility index (Phi) is 2.79. The summed E-state index contributed by atoms with van der Waals surface area (Å²) in [4.78, 5) is 0. The third-order valence-electron chi connectivity index (χ3n) is 3.71. The number of allylic oxidation sites excluding steroid dienone is 6. The van der Waals surface area contributed by atoms with E-state index in [9.17, 15) is 0 Å². The molecule has 1 heterocycles. The molecule has 0 amide bonds. The van der Waals surface area contributed by atoms with Crippen LogP contribution < -0.4 is 0 Å². The zero-order valence-electron chi connectivity index (χ0n) is 11.0. The first kappa shape index (κ1) is 11.7. The van der Waals surface area contributed by atoms with Gasteiger partial charge < -0.3 is 0 Å². The topological polar surface area (TPSA) is 0 Å². The van der Waals surface area contributed by atoms with E-state index in [1.54, 1.807) is 0 Å². The van der Waals surface area contributed by atoms with Crippen LogP contribution in [0.2, 0.25) is 0 Å². The number of thiophene rings is 1. The fourth-order valence-corrected chi connectivity index (χ4v) is 3.79. The molecular formula is C19H14S. The first-order valence-electron chi connectivity index (χ1n) is 6.87. The van der Waals surface area contributed by atoms with Gasteiger partial charge in [-0.2, -0.15) is 0 Å². The average Bonchev–Trinajstić information content (AvgIpc) is 2.67. The molecule has 4 rings (SSSR count). The molecule has 1 heteroatoms. The molecule has 96 valence electrons. The molecule has 1 aliphatic carbocycles. The fraction of sp³-hybridized carbons (Fsp3) is 0.0526. The van der Waals surface area contributed by atoms with E-state index in [1.807, 2.05) is 11.3 Å². The van der Waals surface area contributed by atoms with Gasteiger partial charge in [0.15, 0.2) is 0 Å². The summed E-state index contributed by atoms with van der Waals surface area (Å²) >= 11 is 1.87. The van der Waals surface area contributed by atoms with Gasteiger partial charge in [-0.05, 0) is 35.8 Å². The standard InChI is InChI=1S/C19H14S/c1-2-4-8-14(7-3-1)15-11-12-19-17(13-15)16-9-5-6-10-18(16)20-19/h1-3,5-13H,4H2. The Morgan fingerprint density at radius 2 is 1.75 bits per heavy atom. The zero-order valence-corrected chi connectivity index (χ0v) is 11.9. The van der Waals surface area contributed by atoms with Gasteiger partial charge in [-0.1, -0.05) is 54.6 Å². The highest BCUT2D eigenvalue weighted by atomic mass is 32.1. The Morgan fingerprint density at radius 1 is 0.850 bits per heavy atom. The number of rotatable bonds is 1. The van der Waals surface area contributed by atoms with E-state index in [4.69, 9.17) is 0 Å². The molecule has 3 aromatic rings. The molecule has 20 heavy (non-hydrogen) atoms. The van der Waals surface area contributed by atoms with E-state index >= 15 is 0 Å². The van der Waals surface area contributed by atoms with Crippen molar-refractivity contribution < 1.29 is 0 Å². The minimum atomic E-state index is 1.00. The number of hydrogen-bond donors (Lipinski definition) is 0. The molecule has 0 spiro atoms. The van der Waals surface area contributed by atoms with Crippen LogP contribution in [0.15, 0.2) is 72.8 Å². The van der Waals surface area contributed by atoms with E-state index in [0.29, 0.717) is 0 Å². The average molecular weight is 274 g/mol. The fourth-order valence-electron chi connectivity index (χ4n) is 2.70. The van der Waals surface area contributed by atoms with Crippen molar-refractivity contribution in [3.8, 4) is 0 Å². The molecule has 1 aromatic heterocycles. The second-order valence-electron chi connectivity index (χ2n) is 4.99. The van der Waals surface area contributed by atoms with E-state index in [0.717, 1.165) is 6.42 Å². The van der Waals surface area contributed by atoms with E-state index < -0.39 is 0 Å². The number of fused-ring (bicyclic) bond motifs is 3. The van der Waals surface area contributed by atoms with Gasteiger partial charge in [0, 0.05) is 20.2 Å². The van der Waals surface area contributed by atoms with Gasteiger partial charge in [0.05, 0.1) is 0 Å². The lowest BCUT2D eigenvalue weighted by molar-refractivity contribution is 1.41. The second kappa shape index (κ2) is 4.77. The maximum Gasteiger partial charge on any atom is 0.0355 e. The summed E-state index contributed by atoms with van der Waals surface area (Å²) in [5.41, 5.74) is 2.62. The maximum absolute atomic E-state index is 2.33. The molecular weight excluding hydrogens is 260 g/mol. The van der Waals surface area contributed by atoms with Crippen molar-refractivity contribution in [2.24, 2.45) is 0 Å². The number of benzene rings is 2. The minimum absolute atomic E-state index is 1.00. The highest BCUT2D eigenvalue weighted by Crippen LogP contribution is 2.35. The van der Waals surface area contributed by atoms with Crippen molar-refractivity contribution in [3.05, 3.63) is 78.4 Å². The van der Waals surface area contributed by atoms with E-state index in [-0.39, 0.29) is 0 Å². The van der Waals surface area contributed by atoms with Crippen molar-refractivity contribution in [1.82, 2.24) is 0 Å². The molecule has 0 saturated heterocycles.